The Labute approximate surface area is 327 Å². The van der Waals surface area contributed by atoms with E-state index in [1.165, 1.54) is 62.7 Å². The van der Waals surface area contributed by atoms with Gasteiger partial charge in [0, 0.05) is 47.5 Å². The molecule has 5 rings (SSSR count). The fourth-order valence-corrected chi connectivity index (χ4v) is 6.24. The molecule has 0 saturated heterocycles. The maximum atomic E-state index is 14.0. The van der Waals surface area contributed by atoms with Crippen molar-refractivity contribution in [3.05, 3.63) is 83.4 Å². The number of aryl methyl sites for hydroxylation is 1. The Balaban J connectivity index is 1.69. The highest BCUT2D eigenvalue weighted by Crippen LogP contribution is 2.32. The van der Waals surface area contributed by atoms with Gasteiger partial charge >= 0.3 is 0 Å². The fourth-order valence-electron chi connectivity index (χ4n) is 6.24. The van der Waals surface area contributed by atoms with Crippen LogP contribution in [0.4, 0.5) is 0 Å². The minimum absolute atomic E-state index is 0.0259. The van der Waals surface area contributed by atoms with E-state index < -0.39 is 59.7 Å². The lowest BCUT2D eigenvalue weighted by atomic mass is 10.0. The molecule has 2 heterocycles. The third-order valence-electron chi connectivity index (χ3n) is 9.72. The van der Waals surface area contributed by atoms with Crippen LogP contribution in [0.5, 0.6) is 23.0 Å². The standard InChI is InChI=1S/C41H52N6O9/c1-24-37(50)43-25(2)39(52)46(6)32(21-27-9-15-30(55-8)16-10-27)38(51)44-26(3)40(53)47(7)33(41(54)45(4)5)22-28-11-17-31(18-12-28)56-35-23-29(13-19-34(35)48)14-20-36(49)42-24/h9-13,15-19,23-26,32-33,48H,14,20-22H2,1-8H3,(H,42,49)(H,43,50)(H,44,51). The van der Waals surface area contributed by atoms with Crippen LogP contribution in [0.2, 0.25) is 0 Å². The van der Waals surface area contributed by atoms with Crippen molar-refractivity contribution in [1.82, 2.24) is 30.7 Å². The monoisotopic (exact) mass is 772 g/mol. The molecular weight excluding hydrogens is 720 g/mol. The molecule has 300 valence electrons. The number of nitrogens with one attached hydrogen (secondary N) is 3. The summed E-state index contributed by atoms with van der Waals surface area (Å²) in [6.07, 6.45) is 0.506. The number of rotatable bonds is 4. The van der Waals surface area contributed by atoms with Crippen molar-refractivity contribution in [3.8, 4) is 23.0 Å². The third kappa shape index (κ3) is 11.0. The summed E-state index contributed by atoms with van der Waals surface area (Å²) in [7, 11) is 7.64. The van der Waals surface area contributed by atoms with E-state index in [9.17, 15) is 33.9 Å². The van der Waals surface area contributed by atoms with E-state index in [0.717, 1.165) is 5.56 Å². The van der Waals surface area contributed by atoms with E-state index in [0.29, 0.717) is 22.6 Å². The molecule has 3 aromatic carbocycles. The number of fused-ring (bicyclic) bond motifs is 19. The van der Waals surface area contributed by atoms with Gasteiger partial charge in [-0.1, -0.05) is 30.3 Å². The van der Waals surface area contributed by atoms with Crippen LogP contribution in [0.3, 0.4) is 0 Å². The molecule has 15 nitrogen and oxygen atoms in total. The van der Waals surface area contributed by atoms with Gasteiger partial charge in [0.05, 0.1) is 7.11 Å². The van der Waals surface area contributed by atoms with Crippen molar-refractivity contribution in [2.24, 2.45) is 0 Å². The van der Waals surface area contributed by atoms with Crippen LogP contribution >= 0.6 is 0 Å². The smallest absolute Gasteiger partial charge is 0.245 e. The molecule has 4 bridgehead atoms. The number of amides is 6. The van der Waals surface area contributed by atoms with Crippen molar-refractivity contribution >= 4 is 35.4 Å². The molecule has 5 unspecified atom stereocenters. The molecule has 3 aromatic rings. The fraction of sp³-hybridized carbons (Fsp3) is 0.415. The highest BCUT2D eigenvalue weighted by molar-refractivity contribution is 5.96. The number of ether oxygens (including phenoxy) is 2. The average Bonchev–Trinajstić information content (AvgIpc) is 3.18. The molecule has 15 heteroatoms. The first-order valence-corrected chi connectivity index (χ1v) is 18.3. The molecule has 0 saturated carbocycles. The van der Waals surface area contributed by atoms with Gasteiger partial charge in [-0.15, -0.1) is 0 Å². The first-order chi connectivity index (χ1) is 26.5. The summed E-state index contributed by atoms with van der Waals surface area (Å²) < 4.78 is 11.2. The van der Waals surface area contributed by atoms with E-state index >= 15 is 0 Å². The second kappa shape index (κ2) is 19.0. The number of phenols is 1. The molecule has 6 amide bonds. The summed E-state index contributed by atoms with van der Waals surface area (Å²) in [5.41, 5.74) is 2.12. The lowest BCUT2D eigenvalue weighted by Gasteiger charge is -2.33. The molecule has 2 aliphatic rings. The number of aromatic hydroxyl groups is 1. The van der Waals surface area contributed by atoms with Crippen molar-refractivity contribution in [2.45, 2.75) is 76.7 Å². The molecule has 5 atom stereocenters. The number of carbonyl (C=O) groups excluding carboxylic acids is 6. The van der Waals surface area contributed by atoms with Gasteiger partial charge < -0.3 is 45.2 Å². The highest BCUT2D eigenvalue weighted by atomic mass is 16.5. The van der Waals surface area contributed by atoms with Crippen LogP contribution in [0.15, 0.2) is 66.7 Å². The van der Waals surface area contributed by atoms with E-state index in [2.05, 4.69) is 16.0 Å². The predicted molar refractivity (Wildman–Crippen MR) is 208 cm³/mol. The zero-order valence-corrected chi connectivity index (χ0v) is 33.1. The van der Waals surface area contributed by atoms with E-state index in [1.54, 1.807) is 74.8 Å². The zero-order chi connectivity index (χ0) is 41.3. The number of benzene rings is 3. The predicted octanol–water partition coefficient (Wildman–Crippen LogP) is 2.18. The van der Waals surface area contributed by atoms with E-state index in [-0.39, 0.29) is 43.1 Å². The van der Waals surface area contributed by atoms with Gasteiger partial charge in [0.1, 0.15) is 41.7 Å². The number of phenolic OH excluding ortho intramolecular Hbond substituents is 1. The molecular formula is C41H52N6O9. The topological polar surface area (TPSA) is 187 Å². The Hall–Kier alpha value is -6.12. The second-order valence-electron chi connectivity index (χ2n) is 14.2. The van der Waals surface area contributed by atoms with E-state index in [4.69, 9.17) is 9.47 Å². The summed E-state index contributed by atoms with van der Waals surface area (Å²) in [4.78, 5) is 85.1. The van der Waals surface area contributed by atoms with Gasteiger partial charge in [-0.3, -0.25) is 28.8 Å². The Morgan fingerprint density at radius 2 is 1.38 bits per heavy atom. The summed E-state index contributed by atoms with van der Waals surface area (Å²) in [5.74, 6) is -2.05. The Kier molecular flexibility index (Phi) is 14.4. The maximum Gasteiger partial charge on any atom is 0.245 e. The van der Waals surface area contributed by atoms with Crippen LogP contribution in [-0.2, 0) is 48.0 Å². The van der Waals surface area contributed by atoms with Crippen LogP contribution in [0.1, 0.15) is 43.9 Å². The van der Waals surface area contributed by atoms with Crippen LogP contribution < -0.4 is 25.4 Å². The van der Waals surface area contributed by atoms with Gasteiger partial charge in [0.25, 0.3) is 0 Å². The lowest BCUT2D eigenvalue weighted by molar-refractivity contribution is -0.146. The zero-order valence-electron chi connectivity index (χ0n) is 33.1. The van der Waals surface area contributed by atoms with Crippen molar-refractivity contribution in [2.75, 3.05) is 35.3 Å². The number of hydrogen-bond donors (Lipinski definition) is 4. The lowest BCUT2D eigenvalue weighted by Crippen LogP contribution is -2.59. The van der Waals surface area contributed by atoms with E-state index in [1.807, 2.05) is 0 Å². The van der Waals surface area contributed by atoms with Gasteiger partial charge in [-0.25, -0.2) is 0 Å². The number of likely N-dealkylation sites (N-methyl/N-ethyl adjacent to an activating group) is 3. The summed E-state index contributed by atoms with van der Waals surface area (Å²) in [6.45, 7) is 4.47. The Bertz CT molecular complexity index is 1900. The quantitative estimate of drug-likeness (QED) is 0.289. The van der Waals surface area contributed by atoms with Gasteiger partial charge in [-0.05, 0) is 80.3 Å². The summed E-state index contributed by atoms with van der Waals surface area (Å²) in [6, 6.07) is 13.3. The first-order valence-electron chi connectivity index (χ1n) is 18.3. The van der Waals surface area contributed by atoms with Crippen LogP contribution in [-0.4, -0.2) is 121 Å². The Morgan fingerprint density at radius 1 is 0.786 bits per heavy atom. The molecule has 0 fully saturated rings. The molecule has 4 N–H and O–H groups in total. The average molecular weight is 773 g/mol. The largest absolute Gasteiger partial charge is 0.504 e. The van der Waals surface area contributed by atoms with Gasteiger partial charge in [0.15, 0.2) is 11.5 Å². The normalized spacial score (nSPS) is 22.1. The van der Waals surface area contributed by atoms with Crippen molar-refractivity contribution in [3.63, 3.8) is 0 Å². The summed E-state index contributed by atoms with van der Waals surface area (Å²) >= 11 is 0. The molecule has 0 aromatic heterocycles. The maximum absolute atomic E-state index is 14.0. The second-order valence-corrected chi connectivity index (χ2v) is 14.2. The third-order valence-corrected chi connectivity index (χ3v) is 9.72. The van der Waals surface area contributed by atoms with Crippen molar-refractivity contribution < 1.29 is 43.3 Å². The SMILES string of the molecule is COc1ccc(CC2C(=O)NC(C)C(=O)N(C)C(C(=O)N(C)C)Cc3ccc(cc3)Oc3cc(ccc3O)CCC(=O)NC(C)C(=O)NC(C)C(=O)N2C)cc1. The number of methoxy groups -OCH3 is 1. The minimum Gasteiger partial charge on any atom is -0.504 e. The summed E-state index contributed by atoms with van der Waals surface area (Å²) in [5, 5.41) is 18.5. The first kappa shape index (κ1) is 42.6. The van der Waals surface area contributed by atoms with Crippen LogP contribution in [0, 0.1) is 0 Å². The number of hydrogen-bond acceptors (Lipinski definition) is 9. The van der Waals surface area contributed by atoms with Gasteiger partial charge in [0.2, 0.25) is 35.4 Å². The molecule has 0 spiro atoms. The molecule has 0 aliphatic carbocycles. The highest BCUT2D eigenvalue weighted by Gasteiger charge is 2.35. The number of carbonyl (C=O) groups is 6. The minimum atomic E-state index is -1.12. The number of nitrogens with zero attached hydrogens (tertiary/aromatic N) is 3. The van der Waals surface area contributed by atoms with Crippen LogP contribution in [0.25, 0.3) is 0 Å². The van der Waals surface area contributed by atoms with Crippen molar-refractivity contribution in [1.29, 1.82) is 0 Å². The molecule has 0 radical (unpaired) electrons. The molecule has 2 aliphatic heterocycles. The molecule has 56 heavy (non-hydrogen) atoms. The van der Waals surface area contributed by atoms with Gasteiger partial charge in [-0.2, -0.15) is 0 Å². The Morgan fingerprint density at radius 3 is 1.98 bits per heavy atom.